The van der Waals surface area contributed by atoms with Gasteiger partial charge in [-0.25, -0.2) is 4.79 Å². The average molecular weight is 292 g/mol. The predicted molar refractivity (Wildman–Crippen MR) is 77.1 cm³/mol. The van der Waals surface area contributed by atoms with Gasteiger partial charge in [-0.3, -0.25) is 4.79 Å². The fourth-order valence-electron chi connectivity index (χ4n) is 2.27. The predicted octanol–water partition coefficient (Wildman–Crippen LogP) is 0.551. The van der Waals surface area contributed by atoms with E-state index < -0.39 is 11.5 Å². The standard InChI is InChI=1S/C15H20N2O4/c16-15(6-9-21-10-7-15)14(20)17-8-5-11-1-3-12(4-2-11)13(18)19/h1-4H,5-10,16H2,(H,17,20)(H,18,19). The maximum atomic E-state index is 12.1. The molecule has 0 bridgehead atoms. The minimum absolute atomic E-state index is 0.145. The summed E-state index contributed by atoms with van der Waals surface area (Å²) < 4.78 is 5.21. The van der Waals surface area contributed by atoms with Crippen LogP contribution in [0.25, 0.3) is 0 Å². The molecule has 1 amide bonds. The number of ether oxygens (including phenoxy) is 1. The second kappa shape index (κ2) is 6.69. The van der Waals surface area contributed by atoms with E-state index in [-0.39, 0.29) is 11.5 Å². The molecule has 0 spiro atoms. The Labute approximate surface area is 123 Å². The second-order valence-corrected chi connectivity index (χ2v) is 5.28. The molecule has 1 aliphatic heterocycles. The number of amides is 1. The Kier molecular flexibility index (Phi) is 4.93. The van der Waals surface area contributed by atoms with Crippen molar-refractivity contribution in [2.45, 2.75) is 24.8 Å². The van der Waals surface area contributed by atoms with Crippen molar-refractivity contribution in [2.24, 2.45) is 5.73 Å². The van der Waals surface area contributed by atoms with E-state index in [0.717, 1.165) is 5.56 Å². The smallest absolute Gasteiger partial charge is 0.335 e. The molecule has 2 rings (SSSR count). The number of carboxylic acid groups (broad SMARTS) is 1. The minimum Gasteiger partial charge on any atom is -0.478 e. The summed E-state index contributed by atoms with van der Waals surface area (Å²) in [7, 11) is 0. The monoisotopic (exact) mass is 292 g/mol. The molecule has 1 heterocycles. The Morgan fingerprint density at radius 2 is 1.86 bits per heavy atom. The van der Waals surface area contributed by atoms with Crippen LogP contribution >= 0.6 is 0 Å². The Hall–Kier alpha value is -1.92. The third-order valence-corrected chi connectivity index (χ3v) is 3.74. The SMILES string of the molecule is NC1(C(=O)NCCc2ccc(C(=O)O)cc2)CCOCC1. The van der Waals surface area contributed by atoms with Crippen molar-refractivity contribution < 1.29 is 19.4 Å². The quantitative estimate of drug-likeness (QED) is 0.735. The molecular formula is C15H20N2O4. The van der Waals surface area contributed by atoms with Crippen LogP contribution in [-0.4, -0.2) is 42.3 Å². The van der Waals surface area contributed by atoms with E-state index in [0.29, 0.717) is 39.0 Å². The first-order valence-corrected chi connectivity index (χ1v) is 6.98. The number of benzene rings is 1. The highest BCUT2D eigenvalue weighted by Crippen LogP contribution is 2.17. The Morgan fingerprint density at radius 1 is 1.24 bits per heavy atom. The molecule has 1 aromatic rings. The average Bonchev–Trinajstić information content (AvgIpc) is 2.48. The fourth-order valence-corrected chi connectivity index (χ4v) is 2.27. The molecule has 1 fully saturated rings. The molecule has 1 aliphatic rings. The number of nitrogens with one attached hydrogen (secondary N) is 1. The molecule has 0 aliphatic carbocycles. The van der Waals surface area contributed by atoms with Crippen LogP contribution in [0.4, 0.5) is 0 Å². The van der Waals surface area contributed by atoms with Crippen molar-refractivity contribution in [3.05, 3.63) is 35.4 Å². The molecule has 6 nitrogen and oxygen atoms in total. The van der Waals surface area contributed by atoms with E-state index in [1.165, 1.54) is 0 Å². The molecule has 0 unspecified atom stereocenters. The van der Waals surface area contributed by atoms with E-state index in [4.69, 9.17) is 15.6 Å². The van der Waals surface area contributed by atoms with E-state index in [1.807, 2.05) is 0 Å². The summed E-state index contributed by atoms with van der Waals surface area (Å²) in [6, 6.07) is 6.62. The van der Waals surface area contributed by atoms with Crippen LogP contribution in [0.1, 0.15) is 28.8 Å². The van der Waals surface area contributed by atoms with Crippen molar-refractivity contribution in [1.29, 1.82) is 0 Å². The lowest BCUT2D eigenvalue weighted by Crippen LogP contribution is -2.57. The third-order valence-electron chi connectivity index (χ3n) is 3.74. The van der Waals surface area contributed by atoms with Gasteiger partial charge < -0.3 is 20.9 Å². The second-order valence-electron chi connectivity index (χ2n) is 5.28. The normalized spacial score (nSPS) is 17.2. The van der Waals surface area contributed by atoms with Gasteiger partial charge in [-0.05, 0) is 37.0 Å². The summed E-state index contributed by atoms with van der Waals surface area (Å²) in [5, 5.41) is 11.7. The van der Waals surface area contributed by atoms with Crippen molar-refractivity contribution in [1.82, 2.24) is 5.32 Å². The van der Waals surface area contributed by atoms with Crippen molar-refractivity contribution in [3.8, 4) is 0 Å². The highest BCUT2D eigenvalue weighted by atomic mass is 16.5. The Bertz CT molecular complexity index is 507. The third kappa shape index (κ3) is 4.03. The van der Waals surface area contributed by atoms with E-state index in [9.17, 15) is 9.59 Å². The number of nitrogens with two attached hydrogens (primary N) is 1. The number of hydrogen-bond donors (Lipinski definition) is 3. The summed E-state index contributed by atoms with van der Waals surface area (Å²) in [6.45, 7) is 1.51. The molecule has 1 saturated heterocycles. The van der Waals surface area contributed by atoms with Crippen molar-refractivity contribution >= 4 is 11.9 Å². The van der Waals surface area contributed by atoms with Gasteiger partial charge in [-0.1, -0.05) is 12.1 Å². The summed E-state index contributed by atoms with van der Waals surface area (Å²) in [5.41, 5.74) is 6.48. The van der Waals surface area contributed by atoms with Gasteiger partial charge in [-0.2, -0.15) is 0 Å². The molecule has 114 valence electrons. The summed E-state index contributed by atoms with van der Waals surface area (Å²) in [5.74, 6) is -1.09. The van der Waals surface area contributed by atoms with Gasteiger partial charge in [0.25, 0.3) is 0 Å². The number of carbonyl (C=O) groups is 2. The minimum atomic E-state index is -0.945. The number of carbonyl (C=O) groups excluding carboxylic acids is 1. The first-order chi connectivity index (χ1) is 10.0. The van der Waals surface area contributed by atoms with Crippen LogP contribution in [0, 0.1) is 0 Å². The summed E-state index contributed by atoms with van der Waals surface area (Å²) in [6.07, 6.45) is 1.70. The Morgan fingerprint density at radius 3 is 2.43 bits per heavy atom. The number of carboxylic acids is 1. The first kappa shape index (κ1) is 15.5. The molecule has 4 N–H and O–H groups in total. The van der Waals surface area contributed by atoms with E-state index >= 15 is 0 Å². The molecule has 0 radical (unpaired) electrons. The van der Waals surface area contributed by atoms with E-state index in [2.05, 4.69) is 5.32 Å². The fraction of sp³-hybridized carbons (Fsp3) is 0.467. The largest absolute Gasteiger partial charge is 0.478 e. The first-order valence-electron chi connectivity index (χ1n) is 6.98. The maximum absolute atomic E-state index is 12.1. The summed E-state index contributed by atoms with van der Waals surface area (Å²) >= 11 is 0. The zero-order valence-corrected chi connectivity index (χ0v) is 11.8. The molecular weight excluding hydrogens is 272 g/mol. The number of aromatic carboxylic acids is 1. The molecule has 0 aromatic heterocycles. The van der Waals surface area contributed by atoms with Crippen LogP contribution < -0.4 is 11.1 Å². The van der Waals surface area contributed by atoms with Crippen LogP contribution in [0.15, 0.2) is 24.3 Å². The number of hydrogen-bond acceptors (Lipinski definition) is 4. The van der Waals surface area contributed by atoms with Crippen LogP contribution in [0.5, 0.6) is 0 Å². The zero-order valence-electron chi connectivity index (χ0n) is 11.8. The lowest BCUT2D eigenvalue weighted by Gasteiger charge is -2.31. The Balaban J connectivity index is 1.80. The van der Waals surface area contributed by atoms with Gasteiger partial charge in [0.1, 0.15) is 0 Å². The van der Waals surface area contributed by atoms with Gasteiger partial charge >= 0.3 is 5.97 Å². The molecule has 0 atom stereocenters. The van der Waals surface area contributed by atoms with Crippen LogP contribution in [0.2, 0.25) is 0 Å². The van der Waals surface area contributed by atoms with Crippen molar-refractivity contribution in [3.63, 3.8) is 0 Å². The molecule has 0 saturated carbocycles. The van der Waals surface area contributed by atoms with Gasteiger partial charge in [0, 0.05) is 19.8 Å². The summed E-state index contributed by atoms with van der Waals surface area (Å²) in [4.78, 5) is 22.8. The van der Waals surface area contributed by atoms with E-state index in [1.54, 1.807) is 24.3 Å². The zero-order chi connectivity index (χ0) is 15.3. The highest BCUT2D eigenvalue weighted by Gasteiger charge is 2.35. The van der Waals surface area contributed by atoms with Gasteiger partial charge in [0.2, 0.25) is 5.91 Å². The van der Waals surface area contributed by atoms with Gasteiger partial charge in [0.15, 0.2) is 0 Å². The van der Waals surface area contributed by atoms with Crippen LogP contribution in [0.3, 0.4) is 0 Å². The lowest BCUT2D eigenvalue weighted by molar-refractivity contribution is -0.129. The highest BCUT2D eigenvalue weighted by molar-refractivity contribution is 5.87. The topological polar surface area (TPSA) is 102 Å². The number of rotatable bonds is 5. The van der Waals surface area contributed by atoms with Crippen LogP contribution in [-0.2, 0) is 16.0 Å². The van der Waals surface area contributed by atoms with Crippen molar-refractivity contribution in [2.75, 3.05) is 19.8 Å². The van der Waals surface area contributed by atoms with Gasteiger partial charge in [0.05, 0.1) is 11.1 Å². The van der Waals surface area contributed by atoms with Gasteiger partial charge in [-0.15, -0.1) is 0 Å². The maximum Gasteiger partial charge on any atom is 0.335 e. The molecule has 6 heteroatoms. The lowest BCUT2D eigenvalue weighted by atomic mass is 9.90. The molecule has 21 heavy (non-hydrogen) atoms. The molecule has 1 aromatic carbocycles.